The summed E-state index contributed by atoms with van der Waals surface area (Å²) >= 11 is 0. The lowest BCUT2D eigenvalue weighted by atomic mass is 10.0. The van der Waals surface area contributed by atoms with Crippen LogP contribution in [0, 0.1) is 5.92 Å². The van der Waals surface area contributed by atoms with Gasteiger partial charge in [-0.1, -0.05) is 13.3 Å². The van der Waals surface area contributed by atoms with Gasteiger partial charge >= 0.3 is 0 Å². The van der Waals surface area contributed by atoms with Gasteiger partial charge in [0.1, 0.15) is 0 Å². The maximum Gasteiger partial charge on any atom is 0.0764 e. The van der Waals surface area contributed by atoms with Crippen molar-refractivity contribution in [2.24, 2.45) is 11.7 Å². The molecule has 1 heterocycles. The maximum atomic E-state index is 5.87. The third-order valence-corrected chi connectivity index (χ3v) is 4.61. The molecule has 1 fully saturated rings. The highest BCUT2D eigenvalue weighted by molar-refractivity contribution is 5.00. The number of rotatable bonds is 6. The number of hydrogen-bond donors (Lipinski definition) is 1. The first-order valence-electron chi connectivity index (χ1n) is 7.60. The molecule has 3 unspecified atom stereocenters. The van der Waals surface area contributed by atoms with E-state index in [2.05, 4.69) is 47.8 Å². The van der Waals surface area contributed by atoms with Gasteiger partial charge in [0.2, 0.25) is 0 Å². The molecule has 4 nitrogen and oxygen atoms in total. The molecule has 0 amide bonds. The Bertz CT molecular complexity index is 387. The molecule has 4 heteroatoms. The zero-order valence-corrected chi connectivity index (χ0v) is 12.5. The smallest absolute Gasteiger partial charge is 0.0764 e. The molecule has 0 aromatic carbocycles. The number of nitrogens with zero attached hydrogens (tertiary/aromatic N) is 3. The number of hydrogen-bond acceptors (Lipinski definition) is 3. The van der Waals surface area contributed by atoms with E-state index in [4.69, 9.17) is 5.73 Å². The lowest BCUT2D eigenvalue weighted by Gasteiger charge is -2.28. The monoisotopic (exact) mass is 264 g/mol. The molecule has 1 aromatic rings. The van der Waals surface area contributed by atoms with Crippen LogP contribution in [0.5, 0.6) is 0 Å². The van der Waals surface area contributed by atoms with Gasteiger partial charge in [0.25, 0.3) is 0 Å². The van der Waals surface area contributed by atoms with Crippen molar-refractivity contribution in [1.82, 2.24) is 14.7 Å². The quantitative estimate of drug-likeness (QED) is 0.858. The summed E-state index contributed by atoms with van der Waals surface area (Å²) in [5.41, 5.74) is 7.04. The number of aromatic nitrogens is 2. The topological polar surface area (TPSA) is 47.1 Å². The predicted octanol–water partition coefficient (Wildman–Crippen LogP) is 2.41. The highest BCUT2D eigenvalue weighted by Crippen LogP contribution is 2.29. The van der Waals surface area contributed by atoms with Crippen molar-refractivity contribution in [2.45, 2.75) is 58.2 Å². The SMILES string of the molecule is CCC(C)n1ccc(CN(C)C2CCCC2CN)n1. The molecule has 0 saturated heterocycles. The van der Waals surface area contributed by atoms with E-state index >= 15 is 0 Å². The Morgan fingerprint density at radius 1 is 1.53 bits per heavy atom. The van der Waals surface area contributed by atoms with Crippen LogP contribution in [0.1, 0.15) is 51.3 Å². The molecule has 0 radical (unpaired) electrons. The Morgan fingerprint density at radius 3 is 3.00 bits per heavy atom. The molecule has 0 aliphatic heterocycles. The zero-order valence-electron chi connectivity index (χ0n) is 12.5. The molecule has 1 aliphatic carbocycles. The molecule has 1 aliphatic rings. The minimum absolute atomic E-state index is 0.488. The average molecular weight is 264 g/mol. The van der Waals surface area contributed by atoms with E-state index in [1.165, 1.54) is 25.0 Å². The summed E-state index contributed by atoms with van der Waals surface area (Å²) in [5, 5.41) is 4.69. The van der Waals surface area contributed by atoms with Crippen LogP contribution in [-0.4, -0.2) is 34.3 Å². The zero-order chi connectivity index (χ0) is 13.8. The van der Waals surface area contributed by atoms with Crippen molar-refractivity contribution in [3.05, 3.63) is 18.0 Å². The van der Waals surface area contributed by atoms with Crippen molar-refractivity contribution in [2.75, 3.05) is 13.6 Å². The second-order valence-electron chi connectivity index (χ2n) is 5.95. The first-order valence-corrected chi connectivity index (χ1v) is 7.60. The summed E-state index contributed by atoms with van der Waals surface area (Å²) in [6.07, 6.45) is 7.11. The maximum absolute atomic E-state index is 5.87. The molecule has 1 aromatic heterocycles. The molecule has 0 bridgehead atoms. The molecular weight excluding hydrogens is 236 g/mol. The Balaban J connectivity index is 1.95. The van der Waals surface area contributed by atoms with Gasteiger partial charge in [0.05, 0.1) is 5.69 Å². The summed E-state index contributed by atoms with van der Waals surface area (Å²) in [6.45, 7) is 6.16. The van der Waals surface area contributed by atoms with Gasteiger partial charge in [0, 0.05) is 24.8 Å². The standard InChI is InChI=1S/C15H28N4/c1-4-12(2)19-9-8-14(17-19)11-18(3)15-7-5-6-13(15)10-16/h8-9,12-13,15H,4-7,10-11,16H2,1-3H3. The largest absolute Gasteiger partial charge is 0.330 e. The lowest BCUT2D eigenvalue weighted by molar-refractivity contribution is 0.190. The van der Waals surface area contributed by atoms with Crippen molar-refractivity contribution < 1.29 is 0 Å². The molecule has 2 N–H and O–H groups in total. The summed E-state index contributed by atoms with van der Waals surface area (Å²) in [6, 6.07) is 3.27. The van der Waals surface area contributed by atoms with Gasteiger partial charge < -0.3 is 5.73 Å². The highest BCUT2D eigenvalue weighted by Gasteiger charge is 2.29. The van der Waals surface area contributed by atoms with Gasteiger partial charge in [0.15, 0.2) is 0 Å². The summed E-state index contributed by atoms with van der Waals surface area (Å²) in [4.78, 5) is 2.44. The van der Waals surface area contributed by atoms with E-state index in [9.17, 15) is 0 Å². The minimum Gasteiger partial charge on any atom is -0.330 e. The number of nitrogens with two attached hydrogens (primary N) is 1. The van der Waals surface area contributed by atoms with Gasteiger partial charge in [-0.25, -0.2) is 0 Å². The van der Waals surface area contributed by atoms with Gasteiger partial charge in [-0.05, 0) is 51.8 Å². The Labute approximate surface area is 117 Å². The van der Waals surface area contributed by atoms with E-state index in [-0.39, 0.29) is 0 Å². The van der Waals surface area contributed by atoms with Crippen LogP contribution in [0.2, 0.25) is 0 Å². The van der Waals surface area contributed by atoms with Crippen LogP contribution in [-0.2, 0) is 6.54 Å². The van der Waals surface area contributed by atoms with Crippen LogP contribution in [0.25, 0.3) is 0 Å². The normalized spacial score (nSPS) is 25.1. The summed E-state index contributed by atoms with van der Waals surface area (Å²) in [5.74, 6) is 0.668. The van der Waals surface area contributed by atoms with E-state index in [1.54, 1.807) is 0 Å². The van der Waals surface area contributed by atoms with Gasteiger partial charge in [-0.2, -0.15) is 5.10 Å². The second-order valence-corrected chi connectivity index (χ2v) is 5.95. The van der Waals surface area contributed by atoms with Crippen LogP contribution in [0.15, 0.2) is 12.3 Å². The predicted molar refractivity (Wildman–Crippen MR) is 78.9 cm³/mol. The molecule has 1 saturated carbocycles. The Hall–Kier alpha value is -0.870. The summed E-state index contributed by atoms with van der Waals surface area (Å²) in [7, 11) is 2.21. The highest BCUT2D eigenvalue weighted by atomic mass is 15.3. The molecule has 0 spiro atoms. The third-order valence-electron chi connectivity index (χ3n) is 4.61. The van der Waals surface area contributed by atoms with Crippen LogP contribution in [0.3, 0.4) is 0 Å². The first kappa shape index (κ1) is 14.5. The molecule has 19 heavy (non-hydrogen) atoms. The van der Waals surface area contributed by atoms with Crippen molar-refractivity contribution >= 4 is 0 Å². The van der Waals surface area contributed by atoms with Gasteiger partial charge in [-0.3, -0.25) is 9.58 Å². The van der Waals surface area contributed by atoms with E-state index in [0.717, 1.165) is 19.5 Å². The fourth-order valence-corrected chi connectivity index (χ4v) is 3.14. The van der Waals surface area contributed by atoms with Gasteiger partial charge in [-0.15, -0.1) is 0 Å². The van der Waals surface area contributed by atoms with Crippen LogP contribution < -0.4 is 5.73 Å². The average Bonchev–Trinajstić information content (AvgIpc) is 3.05. The fraction of sp³-hybridized carbons (Fsp3) is 0.800. The lowest BCUT2D eigenvalue weighted by Crippen LogP contribution is -2.37. The van der Waals surface area contributed by atoms with Crippen LogP contribution >= 0.6 is 0 Å². The van der Waals surface area contributed by atoms with E-state index in [0.29, 0.717) is 18.0 Å². The first-order chi connectivity index (χ1) is 9.15. The van der Waals surface area contributed by atoms with Crippen molar-refractivity contribution in [3.63, 3.8) is 0 Å². The molecule has 3 atom stereocenters. The second kappa shape index (κ2) is 6.53. The Kier molecular flexibility index (Phi) is 4.99. The summed E-state index contributed by atoms with van der Waals surface area (Å²) < 4.78 is 2.08. The van der Waals surface area contributed by atoms with Crippen molar-refractivity contribution in [3.8, 4) is 0 Å². The van der Waals surface area contributed by atoms with Crippen molar-refractivity contribution in [1.29, 1.82) is 0 Å². The molecule has 108 valence electrons. The minimum atomic E-state index is 0.488. The van der Waals surface area contributed by atoms with E-state index in [1.807, 2.05) is 0 Å². The Morgan fingerprint density at radius 2 is 2.32 bits per heavy atom. The fourth-order valence-electron chi connectivity index (χ4n) is 3.14. The third kappa shape index (κ3) is 3.37. The molecule has 2 rings (SSSR count). The van der Waals surface area contributed by atoms with Crippen LogP contribution in [0.4, 0.5) is 0 Å². The molecular formula is C15H28N4. The van der Waals surface area contributed by atoms with E-state index < -0.39 is 0 Å².